The van der Waals surface area contributed by atoms with E-state index < -0.39 is 5.97 Å². The van der Waals surface area contributed by atoms with E-state index in [1.807, 2.05) is 6.92 Å². The molecule has 0 aromatic carbocycles. The molecule has 0 radical (unpaired) electrons. The zero-order valence-corrected chi connectivity index (χ0v) is 10.9. The first-order valence-electron chi connectivity index (χ1n) is 6.09. The minimum Gasteiger partial charge on any atom is -0.464 e. The maximum Gasteiger partial charge on any atom is 0.359 e. The first-order chi connectivity index (χ1) is 8.67. The molecule has 2 aromatic heterocycles. The Morgan fingerprint density at radius 2 is 2.28 bits per heavy atom. The number of carbonyl (C=O) groups is 1. The summed E-state index contributed by atoms with van der Waals surface area (Å²) in [5, 5.41) is 0. The van der Waals surface area contributed by atoms with Crippen molar-refractivity contribution in [1.29, 1.82) is 0 Å². The summed E-state index contributed by atoms with van der Waals surface area (Å²) in [6.45, 7) is 4.08. The number of aryl methyl sites for hydroxylation is 2. The third-order valence-corrected chi connectivity index (χ3v) is 2.90. The van der Waals surface area contributed by atoms with Crippen LogP contribution < -0.4 is 0 Å². The van der Waals surface area contributed by atoms with Gasteiger partial charge in [-0.15, -0.1) is 0 Å². The third-order valence-electron chi connectivity index (χ3n) is 2.90. The maximum absolute atomic E-state index is 11.6. The van der Waals surface area contributed by atoms with E-state index in [2.05, 4.69) is 21.9 Å². The van der Waals surface area contributed by atoms with E-state index in [-0.39, 0.29) is 5.69 Å². The third kappa shape index (κ3) is 2.20. The van der Waals surface area contributed by atoms with Gasteiger partial charge in [-0.3, -0.25) is 0 Å². The number of rotatable bonds is 4. The average Bonchev–Trinajstić information content (AvgIpc) is 2.80. The highest BCUT2D eigenvalue weighted by Crippen LogP contribution is 2.19. The number of fused-ring (bicyclic) bond motifs is 1. The van der Waals surface area contributed by atoms with Gasteiger partial charge >= 0.3 is 5.97 Å². The van der Waals surface area contributed by atoms with Gasteiger partial charge in [-0.25, -0.2) is 14.8 Å². The second-order valence-corrected chi connectivity index (χ2v) is 4.29. The molecule has 0 amide bonds. The summed E-state index contributed by atoms with van der Waals surface area (Å²) in [6, 6.07) is 0. The molecule has 0 bridgehead atoms. The van der Waals surface area contributed by atoms with Crippen LogP contribution in [0.1, 0.15) is 41.6 Å². The summed E-state index contributed by atoms with van der Waals surface area (Å²) in [6.07, 6.45) is 4.72. The van der Waals surface area contributed by atoms with Crippen molar-refractivity contribution < 1.29 is 9.53 Å². The number of aromatic nitrogens is 3. The number of esters is 1. The number of carbonyl (C=O) groups excluding carboxylic acids is 1. The standard InChI is InChI=1S/C13H17N3O2/c1-4-5-6-9-15-10-8(2)7-14-12(11(10)16-9)13(17)18-3/h7H,4-6H2,1-3H3,(H,15,16). The second-order valence-electron chi connectivity index (χ2n) is 4.29. The lowest BCUT2D eigenvalue weighted by Crippen LogP contribution is -2.05. The monoisotopic (exact) mass is 247 g/mol. The molecule has 0 aliphatic carbocycles. The summed E-state index contributed by atoms with van der Waals surface area (Å²) >= 11 is 0. The Bertz CT molecular complexity index is 575. The lowest BCUT2D eigenvalue weighted by Gasteiger charge is -2.00. The molecule has 5 heteroatoms. The van der Waals surface area contributed by atoms with E-state index in [1.54, 1.807) is 6.20 Å². The van der Waals surface area contributed by atoms with Gasteiger partial charge in [0, 0.05) is 12.6 Å². The van der Waals surface area contributed by atoms with Crippen LogP contribution in [0, 0.1) is 6.92 Å². The SMILES string of the molecule is CCCCc1nc2c(C(=O)OC)ncc(C)c2[nH]1. The van der Waals surface area contributed by atoms with Gasteiger partial charge in [0.2, 0.25) is 0 Å². The molecule has 1 N–H and O–H groups in total. The van der Waals surface area contributed by atoms with E-state index in [0.29, 0.717) is 5.52 Å². The highest BCUT2D eigenvalue weighted by molar-refractivity contribution is 6.00. The zero-order valence-electron chi connectivity index (χ0n) is 10.9. The molecule has 2 rings (SSSR count). The van der Waals surface area contributed by atoms with Crippen LogP contribution in [-0.4, -0.2) is 28.0 Å². The van der Waals surface area contributed by atoms with Gasteiger partial charge in [-0.1, -0.05) is 13.3 Å². The van der Waals surface area contributed by atoms with Crippen LogP contribution in [0.4, 0.5) is 0 Å². The van der Waals surface area contributed by atoms with Crippen molar-refractivity contribution >= 4 is 17.0 Å². The number of nitrogens with zero attached hydrogens (tertiary/aromatic N) is 2. The predicted molar refractivity (Wildman–Crippen MR) is 68.6 cm³/mol. The fraction of sp³-hybridized carbons (Fsp3) is 0.462. The highest BCUT2D eigenvalue weighted by atomic mass is 16.5. The lowest BCUT2D eigenvalue weighted by molar-refractivity contribution is 0.0596. The summed E-state index contributed by atoms with van der Waals surface area (Å²) in [5.74, 6) is 0.446. The number of H-pyrrole nitrogens is 1. The highest BCUT2D eigenvalue weighted by Gasteiger charge is 2.17. The van der Waals surface area contributed by atoms with Crippen molar-refractivity contribution in [1.82, 2.24) is 15.0 Å². The Balaban J connectivity index is 2.51. The van der Waals surface area contributed by atoms with Crippen molar-refractivity contribution in [3.05, 3.63) is 23.3 Å². The minimum absolute atomic E-state index is 0.275. The zero-order chi connectivity index (χ0) is 13.1. The number of pyridine rings is 1. The van der Waals surface area contributed by atoms with Crippen LogP contribution in [0.2, 0.25) is 0 Å². The number of aromatic amines is 1. The van der Waals surface area contributed by atoms with Crippen LogP contribution in [0.5, 0.6) is 0 Å². The fourth-order valence-electron chi connectivity index (χ4n) is 1.87. The summed E-state index contributed by atoms with van der Waals surface area (Å²) in [5.41, 5.74) is 2.73. The van der Waals surface area contributed by atoms with Gasteiger partial charge in [0.05, 0.1) is 12.6 Å². The molecule has 0 aliphatic rings. The van der Waals surface area contributed by atoms with E-state index >= 15 is 0 Å². The largest absolute Gasteiger partial charge is 0.464 e. The predicted octanol–water partition coefficient (Wildman–Crippen LogP) is 2.40. The summed E-state index contributed by atoms with van der Waals surface area (Å²) in [4.78, 5) is 23.5. The molecule has 0 saturated carbocycles. The molecule has 0 spiro atoms. The van der Waals surface area contributed by atoms with Gasteiger partial charge in [0.1, 0.15) is 11.3 Å². The number of hydrogen-bond donors (Lipinski definition) is 1. The Labute approximate surface area is 106 Å². The first kappa shape index (κ1) is 12.5. The van der Waals surface area contributed by atoms with Crippen molar-refractivity contribution in [2.24, 2.45) is 0 Å². The van der Waals surface area contributed by atoms with Crippen LogP contribution in [0.3, 0.4) is 0 Å². The fourth-order valence-corrected chi connectivity index (χ4v) is 1.87. The van der Waals surface area contributed by atoms with Crippen molar-refractivity contribution in [3.63, 3.8) is 0 Å². The molecular weight excluding hydrogens is 230 g/mol. The van der Waals surface area contributed by atoms with Crippen molar-refractivity contribution in [2.75, 3.05) is 7.11 Å². The van der Waals surface area contributed by atoms with Crippen LogP contribution in [-0.2, 0) is 11.2 Å². The van der Waals surface area contributed by atoms with E-state index in [0.717, 1.165) is 36.2 Å². The van der Waals surface area contributed by atoms with Gasteiger partial charge < -0.3 is 9.72 Å². The molecule has 0 saturated heterocycles. The molecule has 18 heavy (non-hydrogen) atoms. The summed E-state index contributed by atoms with van der Waals surface area (Å²) in [7, 11) is 1.35. The molecule has 0 fully saturated rings. The van der Waals surface area contributed by atoms with Crippen molar-refractivity contribution in [2.45, 2.75) is 33.1 Å². The minimum atomic E-state index is -0.450. The number of hydrogen-bond acceptors (Lipinski definition) is 4. The summed E-state index contributed by atoms with van der Waals surface area (Å²) < 4.78 is 4.72. The Morgan fingerprint density at radius 1 is 1.50 bits per heavy atom. The number of ether oxygens (including phenoxy) is 1. The van der Waals surface area contributed by atoms with E-state index in [1.165, 1.54) is 7.11 Å². The number of imidazole rings is 1. The smallest absolute Gasteiger partial charge is 0.359 e. The molecular formula is C13H17N3O2. The normalized spacial score (nSPS) is 10.8. The Morgan fingerprint density at radius 3 is 2.94 bits per heavy atom. The topological polar surface area (TPSA) is 67.9 Å². The second kappa shape index (κ2) is 5.16. The van der Waals surface area contributed by atoms with Gasteiger partial charge in [-0.2, -0.15) is 0 Å². The number of methoxy groups -OCH3 is 1. The molecule has 2 aromatic rings. The quantitative estimate of drug-likeness (QED) is 0.842. The van der Waals surface area contributed by atoms with Crippen molar-refractivity contribution in [3.8, 4) is 0 Å². The first-order valence-corrected chi connectivity index (χ1v) is 6.09. The maximum atomic E-state index is 11.6. The lowest BCUT2D eigenvalue weighted by atomic mass is 10.2. The van der Waals surface area contributed by atoms with E-state index in [4.69, 9.17) is 4.74 Å². The molecule has 0 aliphatic heterocycles. The van der Waals surface area contributed by atoms with Crippen LogP contribution in [0.15, 0.2) is 6.20 Å². The molecule has 2 heterocycles. The van der Waals surface area contributed by atoms with Gasteiger partial charge in [0.25, 0.3) is 0 Å². The molecule has 96 valence electrons. The van der Waals surface area contributed by atoms with Gasteiger partial charge in [0.15, 0.2) is 5.69 Å². The van der Waals surface area contributed by atoms with Crippen LogP contribution in [0.25, 0.3) is 11.0 Å². The van der Waals surface area contributed by atoms with Gasteiger partial charge in [-0.05, 0) is 18.9 Å². The number of unbranched alkanes of at least 4 members (excludes halogenated alkanes) is 1. The Kier molecular flexibility index (Phi) is 3.60. The molecule has 5 nitrogen and oxygen atoms in total. The molecule has 0 atom stereocenters. The van der Waals surface area contributed by atoms with Crippen LogP contribution >= 0.6 is 0 Å². The number of nitrogens with one attached hydrogen (secondary N) is 1. The molecule has 0 unspecified atom stereocenters. The van der Waals surface area contributed by atoms with E-state index in [9.17, 15) is 4.79 Å². The average molecular weight is 247 g/mol. The Hall–Kier alpha value is -1.91.